The highest BCUT2D eigenvalue weighted by molar-refractivity contribution is 7.59. The summed E-state index contributed by atoms with van der Waals surface area (Å²) in [5.41, 5.74) is 0. The Hall–Kier alpha value is 0.130. The van der Waals surface area contributed by atoms with E-state index in [-0.39, 0.29) is 40.5 Å². The van der Waals surface area contributed by atoms with Crippen molar-refractivity contribution in [1.82, 2.24) is 4.90 Å². The van der Waals surface area contributed by atoms with Crippen LogP contribution in [0.2, 0.25) is 0 Å². The average Bonchev–Trinajstić information content (AvgIpc) is 2.44. The highest BCUT2D eigenvalue weighted by Gasteiger charge is 2.42. The number of nitrogens with zero attached hydrogens (tertiary/aromatic N) is 1. The van der Waals surface area contributed by atoms with E-state index in [1.54, 1.807) is 0 Å². The van der Waals surface area contributed by atoms with Crippen LogP contribution in [0.1, 0.15) is 26.7 Å². The van der Waals surface area contributed by atoms with E-state index >= 15 is 0 Å². The Morgan fingerprint density at radius 1 is 1.33 bits per heavy atom. The molecule has 3 atom stereocenters. The van der Waals surface area contributed by atoms with Crippen molar-refractivity contribution in [3.63, 3.8) is 0 Å². The van der Waals surface area contributed by atoms with Crippen molar-refractivity contribution in [2.24, 2.45) is 11.8 Å². The molecule has 0 radical (unpaired) electrons. The molecule has 15 heavy (non-hydrogen) atoms. The number of hydrogen-bond donors (Lipinski definition) is 0. The second-order valence-corrected chi connectivity index (χ2v) is 4.06. The third-order valence-corrected chi connectivity index (χ3v) is 3.36. The predicted octanol–water partition coefficient (Wildman–Crippen LogP) is 0.328. The molecule has 0 aromatic heterocycles. The van der Waals surface area contributed by atoms with Crippen molar-refractivity contribution in [3.8, 4) is 0 Å². The number of carbonyl (C=O) groups is 1. The monoisotopic (exact) mass is 252 g/mol. The first-order valence-electron chi connectivity index (χ1n) is 4.61. The van der Waals surface area contributed by atoms with E-state index in [9.17, 15) is 9.90 Å². The topological polar surface area (TPSA) is 43.4 Å². The molecule has 1 saturated heterocycles. The second kappa shape index (κ2) is 6.66. The van der Waals surface area contributed by atoms with Gasteiger partial charge in [-0.25, -0.2) is 0 Å². The van der Waals surface area contributed by atoms with Crippen LogP contribution in [0.4, 0.5) is 0 Å². The van der Waals surface area contributed by atoms with Gasteiger partial charge in [-0.1, -0.05) is 13.8 Å². The Kier molecular flexibility index (Phi) is 7.78. The quantitative estimate of drug-likeness (QED) is 0.675. The number of rotatable bonds is 1. The fourth-order valence-corrected chi connectivity index (χ4v) is 2.87. The zero-order valence-electron chi connectivity index (χ0n) is 8.32. The van der Waals surface area contributed by atoms with Gasteiger partial charge in [0, 0.05) is 6.54 Å². The minimum Gasteiger partial charge on any atom is -0.548 e. The summed E-state index contributed by atoms with van der Waals surface area (Å²) < 4.78 is 0. The molecule has 0 unspecified atom stereocenters. The first-order valence-corrected chi connectivity index (χ1v) is 4.61. The third-order valence-electron chi connectivity index (χ3n) is 3.36. The Morgan fingerprint density at radius 2 is 1.93 bits per heavy atom. The molecule has 1 aliphatic heterocycles. The van der Waals surface area contributed by atoms with Gasteiger partial charge < -0.3 is 9.90 Å². The van der Waals surface area contributed by atoms with E-state index in [4.69, 9.17) is 0 Å². The molecule has 2 aliphatic rings. The highest BCUT2D eigenvalue weighted by Crippen LogP contribution is 2.41. The lowest BCUT2D eigenvalue weighted by atomic mass is 9.94. The van der Waals surface area contributed by atoms with Crippen molar-refractivity contribution in [2.45, 2.75) is 32.7 Å². The summed E-state index contributed by atoms with van der Waals surface area (Å²) in [6.07, 6.45) is 3.49. The van der Waals surface area contributed by atoms with Crippen LogP contribution in [0.3, 0.4) is 0 Å². The van der Waals surface area contributed by atoms with Gasteiger partial charge in [0.1, 0.15) is 0 Å². The number of aliphatic carboxylic acids is 1. The maximum absolute atomic E-state index is 10.8. The lowest BCUT2D eigenvalue weighted by Gasteiger charge is -2.24. The molecule has 0 aromatic rings. The summed E-state index contributed by atoms with van der Waals surface area (Å²) in [4.78, 5) is 12.7. The number of fused-ring (bicyclic) bond motifs is 1. The minimum absolute atomic E-state index is 0. The number of carbonyl (C=O) groups excluding carboxylic acids is 1. The Labute approximate surface area is 106 Å². The Morgan fingerprint density at radius 3 is 2.47 bits per heavy atom. The van der Waals surface area contributed by atoms with Gasteiger partial charge >= 0.3 is 0 Å². The van der Waals surface area contributed by atoms with Crippen LogP contribution in [-0.2, 0) is 4.79 Å². The van der Waals surface area contributed by atoms with Gasteiger partial charge in [0.05, 0.1) is 12.0 Å². The van der Waals surface area contributed by atoms with Crippen molar-refractivity contribution >= 4 is 33.0 Å². The van der Waals surface area contributed by atoms with Crippen LogP contribution in [0.15, 0.2) is 0 Å². The molecular formula is C10H22NO2S2-. The Balaban J connectivity index is 0. The van der Waals surface area contributed by atoms with E-state index < -0.39 is 5.97 Å². The summed E-state index contributed by atoms with van der Waals surface area (Å²) in [5.74, 6) is 0.116. The fraction of sp³-hybridized carbons (Fsp3) is 0.900. The molecule has 0 bridgehead atoms. The van der Waals surface area contributed by atoms with E-state index in [0.29, 0.717) is 11.8 Å². The lowest BCUT2D eigenvalue weighted by Crippen LogP contribution is -2.45. The van der Waals surface area contributed by atoms with Crippen LogP contribution in [-0.4, -0.2) is 30.5 Å². The van der Waals surface area contributed by atoms with Crippen molar-refractivity contribution in [1.29, 1.82) is 0 Å². The summed E-state index contributed by atoms with van der Waals surface area (Å²) >= 11 is 0. The number of carboxylic acids is 1. The molecule has 0 spiro atoms. The standard InChI is InChI=1S/C9H15NO2.CH4.2H2S/c1-10-5-6-3-2-4-7(6)8(10)9(11)12;;;/h6-8H,2-5H2,1H3,(H,11,12);1H4;2*1H2/p-1/t6-,7-,8-;;;/m0.../s1. The SMILES string of the molecule is C.CN1C[C@@H]2CCC[C@@H]2[C@H]1C(=O)[O-].S.S. The van der Waals surface area contributed by atoms with Crippen LogP contribution in [0, 0.1) is 11.8 Å². The van der Waals surface area contributed by atoms with Gasteiger partial charge in [-0.3, -0.25) is 4.90 Å². The van der Waals surface area contributed by atoms with Crippen molar-refractivity contribution < 1.29 is 9.90 Å². The second-order valence-electron chi connectivity index (χ2n) is 4.06. The molecule has 3 nitrogen and oxygen atoms in total. The maximum Gasteiger partial charge on any atom is 0.0589 e. The molecule has 5 heteroatoms. The highest BCUT2D eigenvalue weighted by atomic mass is 32.1. The number of likely N-dealkylation sites (tertiary alicyclic amines) is 1. The molecule has 1 heterocycles. The summed E-state index contributed by atoms with van der Waals surface area (Å²) in [6, 6.07) is -0.308. The molecule has 92 valence electrons. The smallest absolute Gasteiger partial charge is 0.0589 e. The largest absolute Gasteiger partial charge is 0.548 e. The third kappa shape index (κ3) is 3.04. The van der Waals surface area contributed by atoms with Gasteiger partial charge in [0.15, 0.2) is 0 Å². The summed E-state index contributed by atoms with van der Waals surface area (Å²) in [7, 11) is 1.89. The molecule has 2 fully saturated rings. The van der Waals surface area contributed by atoms with Crippen LogP contribution in [0.25, 0.3) is 0 Å². The van der Waals surface area contributed by atoms with Crippen molar-refractivity contribution in [2.75, 3.05) is 13.6 Å². The van der Waals surface area contributed by atoms with Gasteiger partial charge in [-0.2, -0.15) is 27.0 Å². The lowest BCUT2D eigenvalue weighted by molar-refractivity contribution is -0.311. The van der Waals surface area contributed by atoms with E-state index in [0.717, 1.165) is 13.0 Å². The average molecular weight is 252 g/mol. The molecule has 0 aromatic carbocycles. The van der Waals surface area contributed by atoms with Gasteiger partial charge in [-0.15, -0.1) is 0 Å². The molecule has 0 N–H and O–H groups in total. The fourth-order valence-electron chi connectivity index (χ4n) is 2.87. The Bertz CT molecular complexity index is 214. The number of hydrogen-bond acceptors (Lipinski definition) is 3. The first-order chi connectivity index (χ1) is 5.70. The zero-order valence-corrected chi connectivity index (χ0v) is 10.3. The van der Waals surface area contributed by atoms with E-state index in [2.05, 4.69) is 0 Å². The van der Waals surface area contributed by atoms with Crippen LogP contribution < -0.4 is 5.11 Å². The van der Waals surface area contributed by atoms with Crippen LogP contribution in [0.5, 0.6) is 0 Å². The zero-order chi connectivity index (χ0) is 8.72. The minimum atomic E-state index is -0.882. The van der Waals surface area contributed by atoms with Gasteiger partial charge in [0.2, 0.25) is 0 Å². The summed E-state index contributed by atoms with van der Waals surface area (Å²) in [6.45, 7) is 0.948. The number of likely N-dealkylation sites (N-methyl/N-ethyl adjacent to an activating group) is 1. The van der Waals surface area contributed by atoms with E-state index in [1.165, 1.54) is 12.8 Å². The van der Waals surface area contributed by atoms with Gasteiger partial charge in [0.25, 0.3) is 0 Å². The van der Waals surface area contributed by atoms with E-state index in [1.807, 2.05) is 11.9 Å². The van der Waals surface area contributed by atoms with Gasteiger partial charge in [-0.05, 0) is 31.7 Å². The molecule has 1 saturated carbocycles. The molecular weight excluding hydrogens is 230 g/mol. The van der Waals surface area contributed by atoms with Crippen molar-refractivity contribution in [3.05, 3.63) is 0 Å². The van der Waals surface area contributed by atoms with Crippen LogP contribution >= 0.6 is 27.0 Å². The summed E-state index contributed by atoms with van der Waals surface area (Å²) in [5, 5.41) is 10.8. The molecule has 1 aliphatic carbocycles. The first kappa shape index (κ1) is 17.5. The number of carboxylic acid groups (broad SMARTS) is 1. The molecule has 0 amide bonds. The normalized spacial score (nSPS) is 33.3. The predicted molar refractivity (Wildman–Crippen MR) is 69.7 cm³/mol. The maximum atomic E-state index is 10.8. The molecule has 2 rings (SSSR count).